The van der Waals surface area contributed by atoms with E-state index in [2.05, 4.69) is 13.8 Å². The van der Waals surface area contributed by atoms with Gasteiger partial charge in [-0.2, -0.15) is 0 Å². The summed E-state index contributed by atoms with van der Waals surface area (Å²) in [4.78, 5) is 12.4. The Labute approximate surface area is 90.9 Å². The van der Waals surface area contributed by atoms with E-state index in [1.807, 2.05) is 4.90 Å². The molecule has 15 heavy (non-hydrogen) atoms. The second-order valence-electron chi connectivity index (χ2n) is 4.99. The molecule has 0 unspecified atom stereocenters. The molecule has 0 spiro atoms. The molecule has 4 heteroatoms. The lowest BCUT2D eigenvalue weighted by molar-refractivity contribution is -0.139. The molecule has 88 valence electrons. The number of hydrogen-bond acceptors (Lipinski definition) is 3. The number of nitrogens with zero attached hydrogens (tertiary/aromatic N) is 1. The monoisotopic (exact) mass is 215 g/mol. The van der Waals surface area contributed by atoms with Crippen molar-refractivity contribution in [3.63, 3.8) is 0 Å². The molecule has 1 aliphatic rings. The molecule has 1 fully saturated rings. The van der Waals surface area contributed by atoms with Crippen molar-refractivity contribution in [3.8, 4) is 0 Å². The van der Waals surface area contributed by atoms with Crippen LogP contribution >= 0.6 is 0 Å². The summed E-state index contributed by atoms with van der Waals surface area (Å²) in [7, 11) is 0. The van der Waals surface area contributed by atoms with Crippen LogP contribution in [-0.2, 0) is 4.79 Å². The Bertz CT molecular complexity index is 220. The predicted molar refractivity (Wildman–Crippen MR) is 57.7 cm³/mol. The second-order valence-corrected chi connectivity index (χ2v) is 4.99. The van der Waals surface area contributed by atoms with E-state index in [4.69, 9.17) is 5.11 Å². The molecule has 0 amide bonds. The summed E-state index contributed by atoms with van der Waals surface area (Å²) in [5.74, 6) is -0.301. The zero-order valence-electron chi connectivity index (χ0n) is 9.57. The van der Waals surface area contributed by atoms with E-state index < -0.39 is 11.6 Å². The molecule has 4 nitrogen and oxygen atoms in total. The molecule has 0 aromatic rings. The van der Waals surface area contributed by atoms with Crippen LogP contribution in [0, 0.1) is 5.92 Å². The summed E-state index contributed by atoms with van der Waals surface area (Å²) in [6.07, 6.45) is 2.20. The third-order valence-corrected chi connectivity index (χ3v) is 2.93. The average Bonchev–Trinajstić information content (AvgIpc) is 2.07. The van der Waals surface area contributed by atoms with Gasteiger partial charge in [0, 0.05) is 13.1 Å². The van der Waals surface area contributed by atoms with E-state index in [0.717, 1.165) is 6.42 Å². The molecule has 0 bridgehead atoms. The molecule has 0 saturated carbocycles. The van der Waals surface area contributed by atoms with E-state index in [1.165, 1.54) is 0 Å². The number of piperidine rings is 1. The lowest BCUT2D eigenvalue weighted by Gasteiger charge is -2.38. The van der Waals surface area contributed by atoms with Crippen LogP contribution in [0.1, 0.15) is 33.1 Å². The summed E-state index contributed by atoms with van der Waals surface area (Å²) >= 11 is 0. The molecule has 0 aromatic heterocycles. The highest BCUT2D eigenvalue weighted by Crippen LogP contribution is 2.28. The maximum atomic E-state index is 10.5. The highest BCUT2D eigenvalue weighted by Gasteiger charge is 2.33. The van der Waals surface area contributed by atoms with Crippen molar-refractivity contribution in [2.24, 2.45) is 5.92 Å². The van der Waals surface area contributed by atoms with Gasteiger partial charge in [0.05, 0.1) is 12.1 Å². The number of aliphatic carboxylic acids is 1. The van der Waals surface area contributed by atoms with Gasteiger partial charge in [-0.25, -0.2) is 0 Å². The highest BCUT2D eigenvalue weighted by atomic mass is 16.4. The number of likely N-dealkylation sites (tertiary alicyclic amines) is 1. The lowest BCUT2D eigenvalue weighted by Crippen LogP contribution is -2.46. The second kappa shape index (κ2) is 4.94. The summed E-state index contributed by atoms with van der Waals surface area (Å²) < 4.78 is 0. The van der Waals surface area contributed by atoms with Crippen molar-refractivity contribution in [1.82, 2.24) is 4.90 Å². The standard InChI is InChI=1S/C11H21NO3/c1-9(2)7-11(15)3-5-12(6-4-11)8-10(13)14/h9,15H,3-8H2,1-2H3,(H,13,14). The molecule has 1 rings (SSSR count). The number of carboxylic acids is 1. The van der Waals surface area contributed by atoms with E-state index in [-0.39, 0.29) is 6.54 Å². The minimum atomic E-state index is -0.788. The maximum Gasteiger partial charge on any atom is 0.317 e. The molecule has 0 atom stereocenters. The van der Waals surface area contributed by atoms with E-state index in [0.29, 0.717) is 31.8 Å². The molecule has 0 aliphatic carbocycles. The molecule has 0 aromatic carbocycles. The number of hydrogen-bond donors (Lipinski definition) is 2. The topological polar surface area (TPSA) is 60.8 Å². The van der Waals surface area contributed by atoms with Crippen LogP contribution in [0.3, 0.4) is 0 Å². The van der Waals surface area contributed by atoms with E-state index in [9.17, 15) is 9.90 Å². The first-order valence-electron chi connectivity index (χ1n) is 5.58. The van der Waals surface area contributed by atoms with Crippen molar-refractivity contribution in [3.05, 3.63) is 0 Å². The molecular weight excluding hydrogens is 194 g/mol. The van der Waals surface area contributed by atoms with E-state index >= 15 is 0 Å². The highest BCUT2D eigenvalue weighted by molar-refractivity contribution is 5.69. The van der Waals surface area contributed by atoms with Gasteiger partial charge in [-0.15, -0.1) is 0 Å². The fourth-order valence-corrected chi connectivity index (χ4v) is 2.28. The van der Waals surface area contributed by atoms with Gasteiger partial charge >= 0.3 is 5.97 Å². The van der Waals surface area contributed by atoms with Crippen LogP contribution < -0.4 is 0 Å². The first-order valence-corrected chi connectivity index (χ1v) is 5.58. The van der Waals surface area contributed by atoms with Gasteiger partial charge in [-0.05, 0) is 25.2 Å². The predicted octanol–water partition coefficient (Wildman–Crippen LogP) is 0.944. The Morgan fingerprint density at radius 2 is 1.93 bits per heavy atom. The number of carboxylic acid groups (broad SMARTS) is 1. The molecule has 1 heterocycles. The van der Waals surface area contributed by atoms with Crippen LogP contribution in [0.2, 0.25) is 0 Å². The Hall–Kier alpha value is -0.610. The largest absolute Gasteiger partial charge is 0.480 e. The minimum Gasteiger partial charge on any atom is -0.480 e. The third kappa shape index (κ3) is 4.18. The number of aliphatic hydroxyl groups is 1. The van der Waals surface area contributed by atoms with Gasteiger partial charge < -0.3 is 10.2 Å². The van der Waals surface area contributed by atoms with Crippen LogP contribution in [0.4, 0.5) is 0 Å². The third-order valence-electron chi connectivity index (χ3n) is 2.93. The first kappa shape index (κ1) is 12.5. The number of rotatable bonds is 4. The Kier molecular flexibility index (Phi) is 4.11. The van der Waals surface area contributed by atoms with Gasteiger partial charge in [0.1, 0.15) is 0 Å². The summed E-state index contributed by atoms with van der Waals surface area (Å²) in [5, 5.41) is 18.9. The Morgan fingerprint density at radius 3 is 2.33 bits per heavy atom. The zero-order chi connectivity index (χ0) is 11.5. The molecule has 2 N–H and O–H groups in total. The van der Waals surface area contributed by atoms with Gasteiger partial charge in [-0.3, -0.25) is 9.69 Å². The molecular formula is C11H21NO3. The maximum absolute atomic E-state index is 10.5. The summed E-state index contributed by atoms with van der Waals surface area (Å²) in [6.45, 7) is 5.67. The van der Waals surface area contributed by atoms with Crippen molar-refractivity contribution >= 4 is 5.97 Å². The smallest absolute Gasteiger partial charge is 0.317 e. The first-order chi connectivity index (χ1) is 6.91. The molecule has 1 aliphatic heterocycles. The molecule has 1 saturated heterocycles. The van der Waals surface area contributed by atoms with Gasteiger partial charge in [-0.1, -0.05) is 13.8 Å². The summed E-state index contributed by atoms with van der Waals surface area (Å²) in [5.41, 5.74) is -0.566. The minimum absolute atomic E-state index is 0.0950. The average molecular weight is 215 g/mol. The van der Waals surface area contributed by atoms with Crippen LogP contribution in [0.15, 0.2) is 0 Å². The fraction of sp³-hybridized carbons (Fsp3) is 0.909. The number of carbonyl (C=O) groups is 1. The van der Waals surface area contributed by atoms with Crippen LogP contribution in [0.25, 0.3) is 0 Å². The fourth-order valence-electron chi connectivity index (χ4n) is 2.28. The van der Waals surface area contributed by atoms with Crippen molar-refractivity contribution in [2.75, 3.05) is 19.6 Å². The van der Waals surface area contributed by atoms with Gasteiger partial charge in [0.25, 0.3) is 0 Å². The van der Waals surface area contributed by atoms with Crippen molar-refractivity contribution < 1.29 is 15.0 Å². The van der Waals surface area contributed by atoms with Crippen LogP contribution in [0.5, 0.6) is 0 Å². The van der Waals surface area contributed by atoms with Gasteiger partial charge in [0.15, 0.2) is 0 Å². The van der Waals surface area contributed by atoms with Crippen molar-refractivity contribution in [1.29, 1.82) is 0 Å². The SMILES string of the molecule is CC(C)CC1(O)CCN(CC(=O)O)CC1. The summed E-state index contributed by atoms with van der Waals surface area (Å²) in [6, 6.07) is 0. The van der Waals surface area contributed by atoms with Crippen molar-refractivity contribution in [2.45, 2.75) is 38.7 Å². The Morgan fingerprint density at radius 1 is 1.40 bits per heavy atom. The normalized spacial score (nSPS) is 21.9. The Balaban J connectivity index is 2.37. The molecule has 0 radical (unpaired) electrons. The van der Waals surface area contributed by atoms with E-state index in [1.54, 1.807) is 0 Å². The quantitative estimate of drug-likeness (QED) is 0.733. The van der Waals surface area contributed by atoms with Gasteiger partial charge in [0.2, 0.25) is 0 Å². The van der Waals surface area contributed by atoms with Crippen LogP contribution in [-0.4, -0.2) is 46.3 Å². The lowest BCUT2D eigenvalue weighted by atomic mass is 9.84. The zero-order valence-corrected chi connectivity index (χ0v) is 9.57.